The summed E-state index contributed by atoms with van der Waals surface area (Å²) in [6.07, 6.45) is -1.48. The second-order valence-electron chi connectivity index (χ2n) is 6.93. The monoisotopic (exact) mass is 337 g/mol. The van der Waals surface area contributed by atoms with E-state index in [0.29, 0.717) is 11.4 Å². The third-order valence-electron chi connectivity index (χ3n) is 3.82. The molecule has 0 saturated heterocycles. The summed E-state index contributed by atoms with van der Waals surface area (Å²) in [6.45, 7) is 14.3. The second-order valence-corrected chi connectivity index (χ2v) is 6.93. The van der Waals surface area contributed by atoms with Crippen molar-refractivity contribution in [2.24, 2.45) is 0 Å². The molecular formula is C18H27NO5. The minimum Gasteiger partial charge on any atom is -0.479 e. The van der Waals surface area contributed by atoms with Crippen LogP contribution in [0.3, 0.4) is 0 Å². The highest BCUT2D eigenvalue weighted by atomic mass is 16.6. The number of hydrogen-bond acceptors (Lipinski definition) is 4. The number of amides is 1. The Morgan fingerprint density at radius 2 is 1.46 bits per heavy atom. The van der Waals surface area contributed by atoms with E-state index in [2.05, 4.69) is 5.32 Å². The molecule has 0 aliphatic heterocycles. The van der Waals surface area contributed by atoms with Crippen LogP contribution in [0.1, 0.15) is 49.9 Å². The largest absolute Gasteiger partial charge is 0.479 e. The lowest BCUT2D eigenvalue weighted by molar-refractivity contribution is -0.144. The average molecular weight is 337 g/mol. The van der Waals surface area contributed by atoms with Crippen LogP contribution in [0, 0.1) is 27.7 Å². The number of rotatable bonds is 4. The van der Waals surface area contributed by atoms with Gasteiger partial charge in [-0.3, -0.25) is 5.32 Å². The molecule has 0 radical (unpaired) electrons. The maximum absolute atomic E-state index is 12.1. The maximum Gasteiger partial charge on any atom is 0.412 e. The number of nitrogens with one attached hydrogen (secondary N) is 1. The summed E-state index contributed by atoms with van der Waals surface area (Å²) in [5.41, 5.74) is 3.29. The summed E-state index contributed by atoms with van der Waals surface area (Å²) in [7, 11) is 0. The van der Waals surface area contributed by atoms with E-state index >= 15 is 0 Å². The Hall–Kier alpha value is -2.24. The Morgan fingerprint density at radius 1 is 1.00 bits per heavy atom. The SMILES string of the molecule is Cc1c(C)c(OC(C)C(=O)O)c(C)c(C)c1NC(=O)OC(C)(C)C. The fourth-order valence-corrected chi connectivity index (χ4v) is 2.28. The Bertz CT molecular complexity index is 629. The molecule has 6 nitrogen and oxygen atoms in total. The molecule has 6 heteroatoms. The fraction of sp³-hybridized carbons (Fsp3) is 0.556. The summed E-state index contributed by atoms with van der Waals surface area (Å²) < 4.78 is 10.9. The van der Waals surface area contributed by atoms with E-state index in [4.69, 9.17) is 14.6 Å². The van der Waals surface area contributed by atoms with E-state index in [1.165, 1.54) is 6.92 Å². The van der Waals surface area contributed by atoms with Crippen LogP contribution in [-0.2, 0) is 9.53 Å². The van der Waals surface area contributed by atoms with Crippen LogP contribution in [0.15, 0.2) is 0 Å². The van der Waals surface area contributed by atoms with E-state index in [1.54, 1.807) is 20.8 Å². The second kappa shape index (κ2) is 7.11. The Labute approximate surface area is 143 Å². The molecular weight excluding hydrogens is 310 g/mol. The summed E-state index contributed by atoms with van der Waals surface area (Å²) >= 11 is 0. The van der Waals surface area contributed by atoms with E-state index in [0.717, 1.165) is 22.3 Å². The minimum absolute atomic E-state index is 0.528. The van der Waals surface area contributed by atoms with Crippen LogP contribution in [0.2, 0.25) is 0 Å². The quantitative estimate of drug-likeness (QED) is 0.863. The number of carboxylic acids is 1. The summed E-state index contributed by atoms with van der Waals surface area (Å²) in [5.74, 6) is -0.491. The van der Waals surface area contributed by atoms with Gasteiger partial charge in [0.2, 0.25) is 0 Å². The van der Waals surface area contributed by atoms with Gasteiger partial charge in [0, 0.05) is 0 Å². The van der Waals surface area contributed by atoms with Gasteiger partial charge >= 0.3 is 12.1 Å². The highest BCUT2D eigenvalue weighted by molar-refractivity contribution is 5.88. The maximum atomic E-state index is 12.1. The fourth-order valence-electron chi connectivity index (χ4n) is 2.28. The average Bonchev–Trinajstić information content (AvgIpc) is 2.43. The Kier molecular flexibility index (Phi) is 5.87. The van der Waals surface area contributed by atoms with Crippen LogP contribution in [0.5, 0.6) is 5.75 Å². The molecule has 0 bridgehead atoms. The van der Waals surface area contributed by atoms with E-state index in [1.807, 2.05) is 27.7 Å². The van der Waals surface area contributed by atoms with Gasteiger partial charge in [0.25, 0.3) is 0 Å². The number of carboxylic acid groups (broad SMARTS) is 1. The van der Waals surface area contributed by atoms with Gasteiger partial charge < -0.3 is 14.6 Å². The lowest BCUT2D eigenvalue weighted by Crippen LogP contribution is -2.28. The predicted octanol–water partition coefficient (Wildman–Crippen LogP) is 4.12. The first kappa shape index (κ1) is 19.8. The predicted molar refractivity (Wildman–Crippen MR) is 93.0 cm³/mol. The molecule has 1 atom stereocenters. The number of anilines is 1. The molecule has 1 rings (SSSR count). The van der Waals surface area contributed by atoms with Gasteiger partial charge in [-0.15, -0.1) is 0 Å². The molecule has 1 amide bonds. The molecule has 2 N–H and O–H groups in total. The first-order chi connectivity index (χ1) is 10.8. The smallest absolute Gasteiger partial charge is 0.412 e. The van der Waals surface area contributed by atoms with Gasteiger partial charge in [-0.1, -0.05) is 0 Å². The van der Waals surface area contributed by atoms with Crippen molar-refractivity contribution in [2.75, 3.05) is 5.32 Å². The van der Waals surface area contributed by atoms with Crippen LogP contribution in [0.4, 0.5) is 10.5 Å². The van der Waals surface area contributed by atoms with E-state index in [9.17, 15) is 9.59 Å². The lowest BCUT2D eigenvalue weighted by Gasteiger charge is -2.24. The van der Waals surface area contributed by atoms with Gasteiger partial charge in [-0.05, 0) is 77.6 Å². The molecule has 24 heavy (non-hydrogen) atoms. The number of ether oxygens (including phenoxy) is 2. The summed E-state index contributed by atoms with van der Waals surface area (Å²) in [4.78, 5) is 23.1. The van der Waals surface area contributed by atoms with Crippen molar-refractivity contribution >= 4 is 17.7 Å². The molecule has 0 fully saturated rings. The number of hydrogen-bond donors (Lipinski definition) is 2. The van der Waals surface area contributed by atoms with Crippen LogP contribution >= 0.6 is 0 Å². The molecule has 0 heterocycles. The van der Waals surface area contributed by atoms with Gasteiger partial charge in [0.1, 0.15) is 11.4 Å². The third kappa shape index (κ3) is 4.63. The van der Waals surface area contributed by atoms with Crippen molar-refractivity contribution < 1.29 is 24.2 Å². The van der Waals surface area contributed by atoms with Gasteiger partial charge in [-0.25, -0.2) is 9.59 Å². The first-order valence-electron chi connectivity index (χ1n) is 7.85. The van der Waals surface area contributed by atoms with Crippen molar-refractivity contribution in [2.45, 2.75) is 67.1 Å². The third-order valence-corrected chi connectivity index (χ3v) is 3.82. The molecule has 1 aromatic carbocycles. The zero-order valence-corrected chi connectivity index (χ0v) is 15.7. The summed E-state index contributed by atoms with van der Waals surface area (Å²) in [5, 5.41) is 11.8. The Morgan fingerprint density at radius 3 is 1.83 bits per heavy atom. The molecule has 134 valence electrons. The van der Waals surface area contributed by atoms with Gasteiger partial charge in [-0.2, -0.15) is 0 Å². The molecule has 0 spiro atoms. The molecule has 0 saturated carbocycles. The van der Waals surface area contributed by atoms with Gasteiger partial charge in [0.15, 0.2) is 6.10 Å². The number of carbonyl (C=O) groups is 2. The van der Waals surface area contributed by atoms with Crippen LogP contribution in [-0.4, -0.2) is 28.9 Å². The highest BCUT2D eigenvalue weighted by Crippen LogP contribution is 2.36. The molecule has 0 aromatic heterocycles. The topological polar surface area (TPSA) is 84.9 Å². The van der Waals surface area contributed by atoms with Crippen LogP contribution in [0.25, 0.3) is 0 Å². The standard InChI is InChI=1S/C18H27NO5/c1-9-11(3)15(23-13(5)16(20)21)12(4)10(2)14(9)19-17(22)24-18(6,7)8/h13H,1-8H3,(H,19,22)(H,20,21). The highest BCUT2D eigenvalue weighted by Gasteiger charge is 2.23. The van der Waals surface area contributed by atoms with Crippen molar-refractivity contribution in [3.63, 3.8) is 0 Å². The lowest BCUT2D eigenvalue weighted by atomic mass is 9.97. The molecule has 1 aromatic rings. The number of carbonyl (C=O) groups excluding carboxylic acids is 1. The number of benzene rings is 1. The number of aliphatic carboxylic acids is 1. The minimum atomic E-state index is -1.03. The summed E-state index contributed by atoms with van der Waals surface area (Å²) in [6, 6.07) is 0. The Balaban J connectivity index is 3.23. The van der Waals surface area contributed by atoms with E-state index in [-0.39, 0.29) is 0 Å². The van der Waals surface area contributed by atoms with Crippen LogP contribution < -0.4 is 10.1 Å². The van der Waals surface area contributed by atoms with E-state index < -0.39 is 23.8 Å². The van der Waals surface area contributed by atoms with Gasteiger partial charge in [0.05, 0.1) is 5.69 Å². The molecule has 1 unspecified atom stereocenters. The van der Waals surface area contributed by atoms with Crippen molar-refractivity contribution in [3.05, 3.63) is 22.3 Å². The first-order valence-corrected chi connectivity index (χ1v) is 7.85. The normalized spacial score (nSPS) is 12.5. The molecule has 0 aliphatic rings. The zero-order valence-electron chi connectivity index (χ0n) is 15.7. The zero-order chi connectivity index (χ0) is 18.8. The van der Waals surface area contributed by atoms with Crippen molar-refractivity contribution in [1.82, 2.24) is 0 Å². The van der Waals surface area contributed by atoms with Crippen molar-refractivity contribution in [1.29, 1.82) is 0 Å². The van der Waals surface area contributed by atoms with Crippen molar-refractivity contribution in [3.8, 4) is 5.75 Å². The molecule has 0 aliphatic carbocycles.